The minimum atomic E-state index is -1.25. The predicted octanol–water partition coefficient (Wildman–Crippen LogP) is 5.01. The van der Waals surface area contributed by atoms with Crippen LogP contribution in [0.25, 0.3) is 11.0 Å². The lowest BCUT2D eigenvalue weighted by Gasteiger charge is -2.60. The van der Waals surface area contributed by atoms with E-state index < -0.39 is 11.5 Å². The van der Waals surface area contributed by atoms with E-state index in [4.69, 9.17) is 0 Å². The Hall–Kier alpha value is -2.21. The molecule has 2 aliphatic heterocycles. The highest BCUT2D eigenvalue weighted by molar-refractivity contribution is 5.88. The summed E-state index contributed by atoms with van der Waals surface area (Å²) in [6.07, 6.45) is 10.4. The van der Waals surface area contributed by atoms with Gasteiger partial charge in [-0.3, -0.25) is 9.69 Å². The first-order valence-electron chi connectivity index (χ1n) is 12.2. The standard InChI is InChI=1S/C26H35N3O3/c1-25(2)13-10-17(11-14-25)29-18-7-6-12-26(29,3)16-19(15-18)28-21-9-5-4-8-20(21)27-22(23(28)30)24(31)32/h4-5,8-9,17-19H,6-7,10-16H2,1-3H3,(H,31,32)/t18-,19+,26+/m1/s1. The molecule has 0 amide bonds. The highest BCUT2D eigenvalue weighted by atomic mass is 16.4. The van der Waals surface area contributed by atoms with Gasteiger partial charge >= 0.3 is 5.97 Å². The largest absolute Gasteiger partial charge is 0.476 e. The number of benzene rings is 1. The summed E-state index contributed by atoms with van der Waals surface area (Å²) < 4.78 is 1.77. The zero-order valence-corrected chi connectivity index (χ0v) is 19.5. The van der Waals surface area contributed by atoms with Crippen LogP contribution in [0.2, 0.25) is 0 Å². The van der Waals surface area contributed by atoms with Crippen molar-refractivity contribution < 1.29 is 9.90 Å². The number of aromatic carboxylic acids is 1. The van der Waals surface area contributed by atoms with Gasteiger partial charge in [-0.25, -0.2) is 9.78 Å². The van der Waals surface area contributed by atoms with E-state index in [1.165, 1.54) is 32.1 Å². The lowest BCUT2D eigenvalue weighted by molar-refractivity contribution is -0.0908. The first-order valence-corrected chi connectivity index (χ1v) is 12.2. The van der Waals surface area contributed by atoms with E-state index in [1.54, 1.807) is 10.6 Å². The molecule has 1 saturated carbocycles. The van der Waals surface area contributed by atoms with Crippen LogP contribution in [0.5, 0.6) is 0 Å². The average molecular weight is 438 g/mol. The Balaban J connectivity index is 1.53. The van der Waals surface area contributed by atoms with Gasteiger partial charge in [0.1, 0.15) is 0 Å². The maximum absolute atomic E-state index is 13.3. The normalized spacial score (nSPS) is 31.0. The third-order valence-corrected chi connectivity index (χ3v) is 8.55. The van der Waals surface area contributed by atoms with E-state index in [2.05, 4.69) is 30.7 Å². The van der Waals surface area contributed by atoms with Crippen LogP contribution >= 0.6 is 0 Å². The first-order chi connectivity index (χ1) is 15.2. The molecule has 6 nitrogen and oxygen atoms in total. The Labute approximate surface area is 189 Å². The van der Waals surface area contributed by atoms with Crippen LogP contribution in [0.15, 0.2) is 29.1 Å². The van der Waals surface area contributed by atoms with Crippen LogP contribution in [0.3, 0.4) is 0 Å². The summed E-state index contributed by atoms with van der Waals surface area (Å²) in [6, 6.07) is 8.54. The summed E-state index contributed by atoms with van der Waals surface area (Å²) in [4.78, 5) is 32.1. The molecule has 3 heterocycles. The summed E-state index contributed by atoms with van der Waals surface area (Å²) in [6.45, 7) is 7.16. The quantitative estimate of drug-likeness (QED) is 0.730. The topological polar surface area (TPSA) is 75.4 Å². The third-order valence-electron chi connectivity index (χ3n) is 8.55. The van der Waals surface area contributed by atoms with Gasteiger partial charge < -0.3 is 9.67 Å². The van der Waals surface area contributed by atoms with E-state index >= 15 is 0 Å². The SMILES string of the molecule is CC1(C)CCC(N2[C@@H]3CCC[C@@]2(C)C[C@@H](n2c(=O)c(C(=O)O)nc4ccccc42)C3)CC1. The molecule has 2 aromatic rings. The second-order valence-electron chi connectivity index (χ2n) is 11.4. The van der Waals surface area contributed by atoms with Crippen LogP contribution in [0, 0.1) is 5.41 Å². The van der Waals surface area contributed by atoms with Crippen LogP contribution in [0.4, 0.5) is 0 Å². The smallest absolute Gasteiger partial charge is 0.360 e. The monoisotopic (exact) mass is 437 g/mol. The van der Waals surface area contributed by atoms with Gasteiger partial charge in [-0.05, 0) is 75.8 Å². The van der Waals surface area contributed by atoms with Crippen molar-refractivity contribution >= 4 is 17.0 Å². The van der Waals surface area contributed by atoms with Crippen molar-refractivity contribution in [2.45, 2.75) is 102 Å². The lowest BCUT2D eigenvalue weighted by Crippen LogP contribution is -2.64. The van der Waals surface area contributed by atoms with E-state index in [0.717, 1.165) is 31.2 Å². The van der Waals surface area contributed by atoms with Crippen molar-refractivity contribution in [3.63, 3.8) is 0 Å². The molecule has 3 aliphatic rings. The molecule has 2 saturated heterocycles. The van der Waals surface area contributed by atoms with Crippen molar-refractivity contribution in [2.75, 3.05) is 0 Å². The number of rotatable bonds is 3. The molecule has 3 fully saturated rings. The number of hydrogen-bond acceptors (Lipinski definition) is 4. The zero-order chi connectivity index (χ0) is 22.7. The number of carboxylic acid groups (broad SMARTS) is 1. The predicted molar refractivity (Wildman–Crippen MR) is 125 cm³/mol. The molecule has 0 spiro atoms. The Morgan fingerprint density at radius 2 is 1.75 bits per heavy atom. The fourth-order valence-electron chi connectivity index (χ4n) is 7.03. The Morgan fingerprint density at radius 3 is 2.44 bits per heavy atom. The van der Waals surface area contributed by atoms with Gasteiger partial charge in [0.25, 0.3) is 5.56 Å². The second kappa shape index (κ2) is 7.68. The Kier molecular flexibility index (Phi) is 5.19. The van der Waals surface area contributed by atoms with Gasteiger partial charge in [0, 0.05) is 23.7 Å². The zero-order valence-electron chi connectivity index (χ0n) is 19.5. The molecular formula is C26H35N3O3. The number of carbonyl (C=O) groups is 1. The molecular weight excluding hydrogens is 402 g/mol. The van der Waals surface area contributed by atoms with Crippen molar-refractivity contribution in [3.05, 3.63) is 40.3 Å². The minimum Gasteiger partial charge on any atom is -0.476 e. The summed E-state index contributed by atoms with van der Waals surface area (Å²) in [5, 5.41) is 9.63. The molecule has 1 aromatic heterocycles. The Morgan fingerprint density at radius 1 is 1.03 bits per heavy atom. The number of para-hydroxylation sites is 2. The Bertz CT molecular complexity index is 1100. The molecule has 3 atom stereocenters. The summed E-state index contributed by atoms with van der Waals surface area (Å²) in [5.74, 6) is -1.25. The van der Waals surface area contributed by atoms with E-state index in [-0.39, 0.29) is 17.3 Å². The summed E-state index contributed by atoms with van der Waals surface area (Å²) in [7, 11) is 0. The summed E-state index contributed by atoms with van der Waals surface area (Å²) >= 11 is 0. The van der Waals surface area contributed by atoms with Crippen LogP contribution in [-0.2, 0) is 0 Å². The maximum atomic E-state index is 13.3. The number of carboxylic acids is 1. The van der Waals surface area contributed by atoms with E-state index in [1.807, 2.05) is 18.2 Å². The van der Waals surface area contributed by atoms with Gasteiger partial charge in [0.2, 0.25) is 5.69 Å². The molecule has 6 heteroatoms. The van der Waals surface area contributed by atoms with Crippen LogP contribution in [-0.4, -0.2) is 43.1 Å². The number of piperidine rings is 2. The molecule has 0 unspecified atom stereocenters. The number of nitrogens with zero attached hydrogens (tertiary/aromatic N) is 3. The molecule has 172 valence electrons. The summed E-state index contributed by atoms with van der Waals surface area (Å²) in [5.41, 5.74) is 0.998. The van der Waals surface area contributed by atoms with Crippen molar-refractivity contribution in [1.82, 2.24) is 14.5 Å². The van der Waals surface area contributed by atoms with E-state index in [9.17, 15) is 14.7 Å². The van der Waals surface area contributed by atoms with Gasteiger partial charge in [0.15, 0.2) is 0 Å². The number of aromatic nitrogens is 2. The lowest BCUT2D eigenvalue weighted by atomic mass is 9.68. The van der Waals surface area contributed by atoms with Crippen molar-refractivity contribution in [2.24, 2.45) is 5.41 Å². The molecule has 0 radical (unpaired) electrons. The number of hydrogen-bond donors (Lipinski definition) is 1. The molecule has 2 bridgehead atoms. The molecule has 1 N–H and O–H groups in total. The fourth-order valence-corrected chi connectivity index (χ4v) is 7.03. The molecule has 32 heavy (non-hydrogen) atoms. The second-order valence-corrected chi connectivity index (χ2v) is 11.4. The van der Waals surface area contributed by atoms with Gasteiger partial charge in [-0.1, -0.05) is 32.4 Å². The minimum absolute atomic E-state index is 0.0000755. The average Bonchev–Trinajstić information content (AvgIpc) is 2.72. The maximum Gasteiger partial charge on any atom is 0.360 e. The number of fused-ring (bicyclic) bond motifs is 3. The van der Waals surface area contributed by atoms with E-state index in [0.29, 0.717) is 23.0 Å². The van der Waals surface area contributed by atoms with Crippen molar-refractivity contribution in [1.29, 1.82) is 0 Å². The van der Waals surface area contributed by atoms with Gasteiger partial charge in [0.05, 0.1) is 11.0 Å². The van der Waals surface area contributed by atoms with Gasteiger partial charge in [-0.15, -0.1) is 0 Å². The first kappa shape index (κ1) is 21.6. The highest BCUT2D eigenvalue weighted by Gasteiger charge is 2.50. The third kappa shape index (κ3) is 3.57. The molecule has 1 aromatic carbocycles. The fraction of sp³-hybridized carbons (Fsp3) is 0.654. The van der Waals surface area contributed by atoms with Crippen molar-refractivity contribution in [3.8, 4) is 0 Å². The molecule has 5 rings (SSSR count). The van der Waals surface area contributed by atoms with Crippen LogP contribution < -0.4 is 5.56 Å². The highest BCUT2D eigenvalue weighted by Crippen LogP contribution is 2.50. The van der Waals surface area contributed by atoms with Gasteiger partial charge in [-0.2, -0.15) is 0 Å². The van der Waals surface area contributed by atoms with Crippen LogP contribution in [0.1, 0.15) is 95.1 Å². The molecule has 1 aliphatic carbocycles.